The molecule has 1 fully saturated rings. The highest BCUT2D eigenvalue weighted by atomic mass is 16.6. The monoisotopic (exact) mass is 313 g/mol. The second kappa shape index (κ2) is 7.81. The van der Waals surface area contributed by atoms with Gasteiger partial charge in [0.1, 0.15) is 5.60 Å². The molecule has 128 valence electrons. The van der Waals surface area contributed by atoms with Crippen LogP contribution in [-0.2, 0) is 9.53 Å². The molecule has 0 saturated heterocycles. The van der Waals surface area contributed by atoms with Crippen molar-refractivity contribution in [1.29, 1.82) is 0 Å². The molecule has 0 aromatic heterocycles. The number of nitrogens with zero attached hydrogens (tertiary/aromatic N) is 1. The van der Waals surface area contributed by atoms with Crippen LogP contribution in [0.25, 0.3) is 0 Å². The largest absolute Gasteiger partial charge is 0.444 e. The predicted octanol–water partition coefficient (Wildman–Crippen LogP) is 2.02. The quantitative estimate of drug-likeness (QED) is 0.831. The second-order valence-corrected chi connectivity index (χ2v) is 7.06. The van der Waals surface area contributed by atoms with E-state index in [1.807, 2.05) is 32.6 Å². The molecular weight excluding hydrogens is 282 g/mol. The highest BCUT2D eigenvalue weighted by molar-refractivity contribution is 5.81. The van der Waals surface area contributed by atoms with Gasteiger partial charge in [0.15, 0.2) is 0 Å². The summed E-state index contributed by atoms with van der Waals surface area (Å²) in [7, 11) is 0. The number of likely N-dealkylation sites (N-methyl/N-ethyl adjacent to an activating group) is 1. The van der Waals surface area contributed by atoms with Crippen molar-refractivity contribution in [3.63, 3.8) is 0 Å². The van der Waals surface area contributed by atoms with E-state index in [0.717, 1.165) is 25.7 Å². The van der Waals surface area contributed by atoms with Crippen molar-refractivity contribution in [2.24, 2.45) is 5.73 Å². The van der Waals surface area contributed by atoms with Crippen LogP contribution < -0.4 is 11.1 Å². The zero-order chi connectivity index (χ0) is 16.9. The Labute approximate surface area is 133 Å². The average Bonchev–Trinajstić information content (AvgIpc) is 2.39. The molecule has 0 aliphatic heterocycles. The molecule has 3 N–H and O–H groups in total. The lowest BCUT2D eigenvalue weighted by Gasteiger charge is -2.37. The average molecular weight is 313 g/mol. The van der Waals surface area contributed by atoms with E-state index < -0.39 is 11.6 Å². The molecule has 6 heteroatoms. The van der Waals surface area contributed by atoms with Gasteiger partial charge >= 0.3 is 6.09 Å². The van der Waals surface area contributed by atoms with E-state index in [2.05, 4.69) is 5.32 Å². The summed E-state index contributed by atoms with van der Waals surface area (Å²) < 4.78 is 5.27. The van der Waals surface area contributed by atoms with Crippen LogP contribution in [0.15, 0.2) is 0 Å². The number of ether oxygens (including phenoxy) is 1. The summed E-state index contributed by atoms with van der Waals surface area (Å²) in [4.78, 5) is 25.8. The molecule has 6 nitrogen and oxygen atoms in total. The normalized spacial score (nSPS) is 23.5. The van der Waals surface area contributed by atoms with Crippen LogP contribution in [0.2, 0.25) is 0 Å². The van der Waals surface area contributed by atoms with Gasteiger partial charge in [-0.1, -0.05) is 0 Å². The molecule has 0 spiro atoms. The molecule has 22 heavy (non-hydrogen) atoms. The molecule has 1 saturated carbocycles. The summed E-state index contributed by atoms with van der Waals surface area (Å²) in [5.41, 5.74) is 5.22. The van der Waals surface area contributed by atoms with Gasteiger partial charge in [-0.05, 0) is 60.3 Å². The Kier molecular flexibility index (Phi) is 6.66. The van der Waals surface area contributed by atoms with Gasteiger partial charge in [-0.15, -0.1) is 0 Å². The van der Waals surface area contributed by atoms with Gasteiger partial charge < -0.3 is 20.7 Å². The van der Waals surface area contributed by atoms with Crippen LogP contribution in [0.3, 0.4) is 0 Å². The summed E-state index contributed by atoms with van der Waals surface area (Å²) in [5, 5.41) is 2.92. The van der Waals surface area contributed by atoms with E-state index >= 15 is 0 Å². The third kappa shape index (κ3) is 5.83. The SMILES string of the molecule is CCN(C(=O)[C@H](C)N)C1CCC(NC(=O)OC(C)(C)C)CC1. The molecule has 1 aliphatic rings. The first kappa shape index (κ1) is 18.7. The highest BCUT2D eigenvalue weighted by Crippen LogP contribution is 2.24. The molecule has 0 bridgehead atoms. The molecular formula is C16H31N3O3. The lowest BCUT2D eigenvalue weighted by atomic mass is 9.90. The molecule has 1 aliphatic carbocycles. The number of carbonyl (C=O) groups is 2. The van der Waals surface area contributed by atoms with E-state index in [4.69, 9.17) is 10.5 Å². The fourth-order valence-electron chi connectivity index (χ4n) is 2.86. The molecule has 0 heterocycles. The summed E-state index contributed by atoms with van der Waals surface area (Å²) >= 11 is 0. The van der Waals surface area contributed by atoms with Crippen LogP contribution in [0.1, 0.15) is 60.3 Å². The standard InChI is InChI=1S/C16H31N3O3/c1-6-19(14(20)11(2)17)13-9-7-12(8-10-13)18-15(21)22-16(3,4)5/h11-13H,6-10,17H2,1-5H3,(H,18,21)/t11-,12?,13?/m0/s1. The van der Waals surface area contributed by atoms with Crippen molar-refractivity contribution < 1.29 is 14.3 Å². The van der Waals surface area contributed by atoms with Crippen molar-refractivity contribution >= 4 is 12.0 Å². The fourth-order valence-corrected chi connectivity index (χ4v) is 2.86. The lowest BCUT2D eigenvalue weighted by Crippen LogP contribution is -2.50. The van der Waals surface area contributed by atoms with E-state index in [-0.39, 0.29) is 24.1 Å². The van der Waals surface area contributed by atoms with Crippen LogP contribution in [0.4, 0.5) is 4.79 Å². The number of amides is 2. The molecule has 0 aromatic carbocycles. The van der Waals surface area contributed by atoms with E-state index in [9.17, 15) is 9.59 Å². The van der Waals surface area contributed by atoms with Crippen molar-refractivity contribution in [2.75, 3.05) is 6.54 Å². The van der Waals surface area contributed by atoms with Crippen LogP contribution >= 0.6 is 0 Å². The highest BCUT2D eigenvalue weighted by Gasteiger charge is 2.30. The topological polar surface area (TPSA) is 84.7 Å². The maximum atomic E-state index is 12.1. The van der Waals surface area contributed by atoms with E-state index in [1.165, 1.54) is 0 Å². The Morgan fingerprint density at radius 3 is 2.23 bits per heavy atom. The zero-order valence-electron chi connectivity index (χ0n) is 14.5. The number of nitrogens with two attached hydrogens (primary N) is 1. The lowest BCUT2D eigenvalue weighted by molar-refractivity contribution is -0.135. The maximum absolute atomic E-state index is 12.1. The van der Waals surface area contributed by atoms with Gasteiger partial charge in [0, 0.05) is 18.6 Å². The van der Waals surface area contributed by atoms with Gasteiger partial charge in [0.25, 0.3) is 0 Å². The Balaban J connectivity index is 2.46. The minimum atomic E-state index is -0.482. The third-order valence-electron chi connectivity index (χ3n) is 3.87. The Bertz CT molecular complexity index is 383. The zero-order valence-corrected chi connectivity index (χ0v) is 14.5. The molecule has 1 atom stereocenters. The predicted molar refractivity (Wildman–Crippen MR) is 86.5 cm³/mol. The number of alkyl carbamates (subject to hydrolysis) is 1. The summed E-state index contributed by atoms with van der Waals surface area (Å²) in [6, 6.07) is -0.118. The van der Waals surface area contributed by atoms with Crippen molar-refractivity contribution in [3.05, 3.63) is 0 Å². The summed E-state index contributed by atoms with van der Waals surface area (Å²) in [5.74, 6) is 0.00560. The van der Waals surface area contributed by atoms with Gasteiger partial charge in [0.2, 0.25) is 5.91 Å². The molecule has 0 unspecified atom stereocenters. The first-order chi connectivity index (χ1) is 10.1. The molecule has 2 amide bonds. The third-order valence-corrected chi connectivity index (χ3v) is 3.87. The number of hydrogen-bond acceptors (Lipinski definition) is 4. The number of hydrogen-bond donors (Lipinski definition) is 2. The van der Waals surface area contributed by atoms with Gasteiger partial charge in [0.05, 0.1) is 6.04 Å². The molecule has 0 radical (unpaired) electrons. The number of carbonyl (C=O) groups excluding carboxylic acids is 2. The maximum Gasteiger partial charge on any atom is 0.407 e. The Morgan fingerprint density at radius 2 is 1.82 bits per heavy atom. The minimum Gasteiger partial charge on any atom is -0.444 e. The smallest absolute Gasteiger partial charge is 0.407 e. The Hall–Kier alpha value is -1.30. The van der Waals surface area contributed by atoms with Crippen LogP contribution in [0, 0.1) is 0 Å². The van der Waals surface area contributed by atoms with Crippen molar-refractivity contribution in [2.45, 2.75) is 84.0 Å². The first-order valence-corrected chi connectivity index (χ1v) is 8.19. The van der Waals surface area contributed by atoms with Gasteiger partial charge in [-0.25, -0.2) is 4.79 Å². The van der Waals surface area contributed by atoms with Crippen LogP contribution in [-0.4, -0.2) is 47.2 Å². The first-order valence-electron chi connectivity index (χ1n) is 8.19. The van der Waals surface area contributed by atoms with E-state index in [0.29, 0.717) is 6.54 Å². The fraction of sp³-hybridized carbons (Fsp3) is 0.875. The number of rotatable bonds is 4. The van der Waals surface area contributed by atoms with Gasteiger partial charge in [-0.3, -0.25) is 4.79 Å². The summed E-state index contributed by atoms with van der Waals surface area (Å²) in [6.07, 6.45) is 3.11. The van der Waals surface area contributed by atoms with Gasteiger partial charge in [-0.2, -0.15) is 0 Å². The van der Waals surface area contributed by atoms with Crippen LogP contribution in [0.5, 0.6) is 0 Å². The minimum absolute atomic E-state index is 0.00560. The molecule has 0 aromatic rings. The number of nitrogens with one attached hydrogen (secondary N) is 1. The second-order valence-electron chi connectivity index (χ2n) is 7.06. The summed E-state index contributed by atoms with van der Waals surface area (Å²) in [6.45, 7) is 9.92. The van der Waals surface area contributed by atoms with Crippen molar-refractivity contribution in [1.82, 2.24) is 10.2 Å². The Morgan fingerprint density at radius 1 is 1.27 bits per heavy atom. The van der Waals surface area contributed by atoms with E-state index in [1.54, 1.807) is 6.92 Å². The van der Waals surface area contributed by atoms with Crippen molar-refractivity contribution in [3.8, 4) is 0 Å². The molecule has 1 rings (SSSR count).